The van der Waals surface area contributed by atoms with E-state index in [-0.39, 0.29) is 6.54 Å². The van der Waals surface area contributed by atoms with E-state index in [0.717, 1.165) is 18.5 Å². The van der Waals surface area contributed by atoms with E-state index in [2.05, 4.69) is 22.7 Å². The van der Waals surface area contributed by atoms with Crippen LogP contribution in [0.15, 0.2) is 28.9 Å². The second-order valence-corrected chi connectivity index (χ2v) is 5.45. The molecule has 0 saturated carbocycles. The molecule has 2 amide bonds. The second kappa shape index (κ2) is 6.65. The molecule has 1 atom stereocenters. The minimum absolute atomic E-state index is 0.0337. The fraction of sp³-hybridized carbons (Fsp3) is 0.467. The van der Waals surface area contributed by atoms with Crippen LogP contribution in [0, 0.1) is 0 Å². The maximum Gasteiger partial charge on any atom is 0.320 e. The van der Waals surface area contributed by atoms with E-state index in [4.69, 9.17) is 4.42 Å². The van der Waals surface area contributed by atoms with Crippen molar-refractivity contribution in [3.05, 3.63) is 35.9 Å². The van der Waals surface area contributed by atoms with Gasteiger partial charge in [0.1, 0.15) is 17.2 Å². The van der Waals surface area contributed by atoms with E-state index in [1.165, 1.54) is 6.26 Å². The van der Waals surface area contributed by atoms with Gasteiger partial charge in [-0.2, -0.15) is 5.10 Å². The lowest BCUT2D eigenvalue weighted by atomic mass is 10.0. The molecule has 0 spiro atoms. The molecule has 0 aliphatic rings. The van der Waals surface area contributed by atoms with Crippen LogP contribution in [0.2, 0.25) is 0 Å². The lowest BCUT2D eigenvalue weighted by molar-refractivity contribution is 0.0372. The van der Waals surface area contributed by atoms with Crippen molar-refractivity contribution in [3.63, 3.8) is 0 Å². The molecule has 7 nitrogen and oxygen atoms in total. The van der Waals surface area contributed by atoms with Gasteiger partial charge in [-0.05, 0) is 25.5 Å². The number of rotatable bonds is 6. The Hall–Kier alpha value is -2.28. The molecule has 0 fully saturated rings. The van der Waals surface area contributed by atoms with Gasteiger partial charge in [0.05, 0.1) is 18.5 Å². The largest absolute Gasteiger partial charge is 0.466 e. The van der Waals surface area contributed by atoms with E-state index in [1.807, 2.05) is 6.07 Å². The predicted octanol–water partition coefficient (Wildman–Crippen LogP) is 1.99. The zero-order chi connectivity index (χ0) is 16.2. The third-order valence-corrected chi connectivity index (χ3v) is 3.32. The summed E-state index contributed by atoms with van der Waals surface area (Å²) in [5.74, 6) is 1.01. The first-order valence-electron chi connectivity index (χ1n) is 7.26. The van der Waals surface area contributed by atoms with Crippen LogP contribution in [0.3, 0.4) is 0 Å². The Morgan fingerprint density at radius 1 is 1.55 bits per heavy atom. The smallest absolute Gasteiger partial charge is 0.320 e. The highest BCUT2D eigenvalue weighted by Gasteiger charge is 2.26. The van der Waals surface area contributed by atoms with Crippen LogP contribution in [0.4, 0.5) is 10.6 Å². The number of carbonyl (C=O) groups is 1. The third-order valence-electron chi connectivity index (χ3n) is 3.32. The van der Waals surface area contributed by atoms with Crippen molar-refractivity contribution in [1.82, 2.24) is 15.1 Å². The number of aryl methyl sites for hydroxylation is 2. The van der Waals surface area contributed by atoms with Gasteiger partial charge in [0.15, 0.2) is 0 Å². The Morgan fingerprint density at radius 3 is 2.95 bits per heavy atom. The van der Waals surface area contributed by atoms with Crippen molar-refractivity contribution < 1.29 is 14.3 Å². The molecule has 0 aliphatic carbocycles. The Labute approximate surface area is 129 Å². The Balaban J connectivity index is 1.90. The first kappa shape index (κ1) is 16.1. The molecule has 2 aromatic heterocycles. The molecule has 0 saturated heterocycles. The maximum atomic E-state index is 11.9. The van der Waals surface area contributed by atoms with E-state index < -0.39 is 11.6 Å². The van der Waals surface area contributed by atoms with Crippen LogP contribution < -0.4 is 10.6 Å². The highest BCUT2D eigenvalue weighted by molar-refractivity contribution is 5.88. The number of nitrogens with one attached hydrogen (secondary N) is 2. The summed E-state index contributed by atoms with van der Waals surface area (Å²) < 4.78 is 6.78. The topological polar surface area (TPSA) is 92.3 Å². The molecular weight excluding hydrogens is 284 g/mol. The van der Waals surface area contributed by atoms with Crippen molar-refractivity contribution in [3.8, 4) is 0 Å². The van der Waals surface area contributed by atoms with E-state index >= 15 is 0 Å². The van der Waals surface area contributed by atoms with Crippen molar-refractivity contribution >= 4 is 11.8 Å². The third kappa shape index (κ3) is 3.88. The quantitative estimate of drug-likeness (QED) is 0.761. The number of aromatic nitrogens is 2. The lowest BCUT2D eigenvalue weighted by Crippen LogP contribution is -2.40. The minimum Gasteiger partial charge on any atom is -0.466 e. The van der Waals surface area contributed by atoms with Crippen molar-refractivity contribution in [2.75, 3.05) is 11.9 Å². The maximum absolute atomic E-state index is 11.9. The summed E-state index contributed by atoms with van der Waals surface area (Å²) >= 11 is 0. The number of furan rings is 1. The van der Waals surface area contributed by atoms with E-state index in [1.54, 1.807) is 30.8 Å². The molecule has 22 heavy (non-hydrogen) atoms. The Bertz CT molecular complexity index is 617. The van der Waals surface area contributed by atoms with Gasteiger partial charge in [-0.1, -0.05) is 13.3 Å². The molecule has 120 valence electrons. The first-order chi connectivity index (χ1) is 10.4. The van der Waals surface area contributed by atoms with Crippen LogP contribution in [0.5, 0.6) is 0 Å². The second-order valence-electron chi connectivity index (χ2n) is 5.45. The summed E-state index contributed by atoms with van der Waals surface area (Å²) in [6.07, 6.45) is 3.34. The van der Waals surface area contributed by atoms with Gasteiger partial charge in [0, 0.05) is 13.1 Å². The number of urea groups is 1. The van der Waals surface area contributed by atoms with Gasteiger partial charge >= 0.3 is 6.03 Å². The molecule has 0 bridgehead atoms. The number of anilines is 1. The van der Waals surface area contributed by atoms with Gasteiger partial charge in [0.25, 0.3) is 0 Å². The number of nitrogens with zero attached hydrogens (tertiary/aromatic N) is 2. The average molecular weight is 306 g/mol. The number of hydrogen-bond acceptors (Lipinski definition) is 4. The number of hydrogen-bond donors (Lipinski definition) is 3. The highest BCUT2D eigenvalue weighted by Crippen LogP contribution is 2.19. The summed E-state index contributed by atoms with van der Waals surface area (Å²) in [6, 6.07) is 4.79. The van der Waals surface area contributed by atoms with Gasteiger partial charge in [-0.3, -0.25) is 10.00 Å². The average Bonchev–Trinajstić information content (AvgIpc) is 3.09. The zero-order valence-corrected chi connectivity index (χ0v) is 13.1. The van der Waals surface area contributed by atoms with Crippen molar-refractivity contribution in [2.45, 2.75) is 32.3 Å². The van der Waals surface area contributed by atoms with Crippen LogP contribution >= 0.6 is 0 Å². The number of amides is 2. The van der Waals surface area contributed by atoms with Gasteiger partial charge in [-0.25, -0.2) is 4.79 Å². The van der Waals surface area contributed by atoms with Crippen molar-refractivity contribution in [2.24, 2.45) is 7.05 Å². The lowest BCUT2D eigenvalue weighted by Gasteiger charge is -2.21. The SMILES string of the molecule is CCCc1cc(NC(=O)NCC(C)(O)c2ccco2)n(C)n1. The van der Waals surface area contributed by atoms with Crippen LogP contribution in [0.25, 0.3) is 0 Å². The van der Waals surface area contributed by atoms with E-state index in [0.29, 0.717) is 11.6 Å². The molecule has 2 heterocycles. The molecule has 0 aliphatic heterocycles. The molecule has 2 rings (SSSR count). The molecule has 7 heteroatoms. The molecule has 3 N–H and O–H groups in total. The van der Waals surface area contributed by atoms with E-state index in [9.17, 15) is 9.90 Å². The minimum atomic E-state index is -1.26. The summed E-state index contributed by atoms with van der Waals surface area (Å²) in [5.41, 5.74) is -0.330. The molecule has 0 radical (unpaired) electrons. The molecule has 0 aromatic carbocycles. The molecule has 2 aromatic rings. The summed E-state index contributed by atoms with van der Waals surface area (Å²) in [6.45, 7) is 3.69. The predicted molar refractivity (Wildman–Crippen MR) is 82.5 cm³/mol. The van der Waals surface area contributed by atoms with Crippen LogP contribution in [-0.4, -0.2) is 27.5 Å². The van der Waals surface area contributed by atoms with Crippen molar-refractivity contribution in [1.29, 1.82) is 0 Å². The fourth-order valence-electron chi connectivity index (χ4n) is 2.11. The van der Waals surface area contributed by atoms with Gasteiger partial charge < -0.3 is 14.8 Å². The zero-order valence-electron chi connectivity index (χ0n) is 13.1. The first-order valence-corrected chi connectivity index (χ1v) is 7.26. The molecule has 1 unspecified atom stereocenters. The monoisotopic (exact) mass is 306 g/mol. The van der Waals surface area contributed by atoms with Gasteiger partial charge in [0.2, 0.25) is 0 Å². The van der Waals surface area contributed by atoms with Crippen LogP contribution in [0.1, 0.15) is 31.7 Å². The standard InChI is InChI=1S/C15H22N4O3/c1-4-6-11-9-13(19(3)18-11)17-14(20)16-10-15(2,21)12-7-5-8-22-12/h5,7-9,21H,4,6,10H2,1-3H3,(H2,16,17,20). The number of carbonyl (C=O) groups excluding carboxylic acids is 1. The van der Waals surface area contributed by atoms with Gasteiger partial charge in [-0.15, -0.1) is 0 Å². The summed E-state index contributed by atoms with van der Waals surface area (Å²) in [4.78, 5) is 11.9. The number of aliphatic hydroxyl groups is 1. The Morgan fingerprint density at radius 2 is 2.32 bits per heavy atom. The molecular formula is C15H22N4O3. The normalized spacial score (nSPS) is 13.6. The summed E-state index contributed by atoms with van der Waals surface area (Å²) in [5, 5.41) is 19.9. The van der Waals surface area contributed by atoms with Crippen LogP contribution in [-0.2, 0) is 19.1 Å². The fourth-order valence-corrected chi connectivity index (χ4v) is 2.11. The summed E-state index contributed by atoms with van der Waals surface area (Å²) in [7, 11) is 1.77. The highest BCUT2D eigenvalue weighted by atomic mass is 16.4. The Kier molecular flexibility index (Phi) is 4.87.